The van der Waals surface area contributed by atoms with Gasteiger partial charge in [-0.05, 0) is 63.1 Å². The second kappa shape index (κ2) is 8.66. The van der Waals surface area contributed by atoms with Crippen molar-refractivity contribution < 1.29 is 14.3 Å². The molecule has 0 N–H and O–H groups in total. The molecule has 0 saturated heterocycles. The molecule has 5 nitrogen and oxygen atoms in total. The predicted molar refractivity (Wildman–Crippen MR) is 116 cm³/mol. The lowest BCUT2D eigenvalue weighted by atomic mass is 10.1. The van der Waals surface area contributed by atoms with Crippen molar-refractivity contribution in [2.75, 3.05) is 18.2 Å². The van der Waals surface area contributed by atoms with Crippen LogP contribution in [0.4, 0.5) is 5.69 Å². The summed E-state index contributed by atoms with van der Waals surface area (Å²) in [6, 6.07) is 11.4. The first-order valence-electron chi connectivity index (χ1n) is 9.46. The number of benzene rings is 2. The van der Waals surface area contributed by atoms with Gasteiger partial charge in [-0.2, -0.15) is 10.1 Å². The largest absolute Gasteiger partial charge is 0.490 e. The van der Waals surface area contributed by atoms with Gasteiger partial charge in [0.05, 0.1) is 23.6 Å². The van der Waals surface area contributed by atoms with Crippen molar-refractivity contribution in [3.05, 3.63) is 58.7 Å². The normalized spacial score (nSPS) is 14.7. The Balaban J connectivity index is 1.92. The second-order valence-corrected chi connectivity index (χ2v) is 6.78. The van der Waals surface area contributed by atoms with Crippen LogP contribution in [-0.4, -0.2) is 24.8 Å². The molecule has 148 valence electrons. The zero-order chi connectivity index (χ0) is 21.0. The molecule has 0 saturated carbocycles. The smallest absolute Gasteiger partial charge is 0.280 e. The highest BCUT2D eigenvalue weighted by atomic mass is 16.5. The summed E-state index contributed by atoms with van der Waals surface area (Å²) in [5.74, 6) is 3.45. The topological polar surface area (TPSA) is 51.1 Å². The fourth-order valence-corrected chi connectivity index (χ4v) is 3.18. The number of terminal acetylenes is 1. The fourth-order valence-electron chi connectivity index (χ4n) is 3.18. The van der Waals surface area contributed by atoms with E-state index >= 15 is 0 Å². The number of carbonyl (C=O) groups is 1. The van der Waals surface area contributed by atoms with Gasteiger partial charge in [0.2, 0.25) is 0 Å². The molecule has 0 spiro atoms. The number of nitrogens with zero attached hydrogens (tertiary/aromatic N) is 2. The van der Waals surface area contributed by atoms with E-state index in [0.717, 1.165) is 22.4 Å². The molecule has 0 radical (unpaired) electrons. The van der Waals surface area contributed by atoms with Crippen LogP contribution in [0.1, 0.15) is 30.5 Å². The first-order valence-corrected chi connectivity index (χ1v) is 9.46. The van der Waals surface area contributed by atoms with Crippen molar-refractivity contribution in [2.45, 2.75) is 27.7 Å². The minimum Gasteiger partial charge on any atom is -0.490 e. The maximum absolute atomic E-state index is 13.0. The van der Waals surface area contributed by atoms with E-state index in [1.54, 1.807) is 6.07 Å². The quantitative estimate of drug-likeness (QED) is 0.540. The minimum atomic E-state index is -0.153. The molecule has 2 aromatic carbocycles. The van der Waals surface area contributed by atoms with Gasteiger partial charge in [-0.15, -0.1) is 6.42 Å². The SMILES string of the molecule is C#CCOc1ccc(/C=C2\C(=O)N(c3ccc(C)cc3C)N=C2C)cc1OCC. The van der Waals surface area contributed by atoms with Crippen molar-refractivity contribution in [1.29, 1.82) is 0 Å². The summed E-state index contributed by atoms with van der Waals surface area (Å²) in [5.41, 5.74) is 4.97. The third-order valence-electron chi connectivity index (χ3n) is 4.53. The van der Waals surface area contributed by atoms with Crippen LogP contribution in [0.25, 0.3) is 6.08 Å². The van der Waals surface area contributed by atoms with Crippen molar-refractivity contribution in [2.24, 2.45) is 5.10 Å². The number of hydrazone groups is 1. The van der Waals surface area contributed by atoms with E-state index in [9.17, 15) is 4.79 Å². The molecule has 0 fully saturated rings. The van der Waals surface area contributed by atoms with Gasteiger partial charge >= 0.3 is 0 Å². The molecule has 1 heterocycles. The average Bonchev–Trinajstić information content (AvgIpc) is 2.96. The fraction of sp³-hybridized carbons (Fsp3) is 0.250. The molecule has 3 rings (SSSR count). The Kier molecular flexibility index (Phi) is 6.04. The van der Waals surface area contributed by atoms with Gasteiger partial charge in [-0.3, -0.25) is 4.79 Å². The number of carbonyl (C=O) groups excluding carboxylic acids is 1. The number of rotatable bonds is 6. The van der Waals surface area contributed by atoms with E-state index in [4.69, 9.17) is 15.9 Å². The summed E-state index contributed by atoms with van der Waals surface area (Å²) in [5, 5.41) is 5.94. The molecule has 29 heavy (non-hydrogen) atoms. The zero-order valence-electron chi connectivity index (χ0n) is 17.2. The number of ether oxygens (including phenoxy) is 2. The van der Waals surface area contributed by atoms with Crippen LogP contribution in [0.3, 0.4) is 0 Å². The number of amides is 1. The highest BCUT2D eigenvalue weighted by Crippen LogP contribution is 2.31. The number of hydrogen-bond acceptors (Lipinski definition) is 4. The van der Waals surface area contributed by atoms with Crippen molar-refractivity contribution in [3.8, 4) is 23.8 Å². The standard InChI is InChI=1S/C24H24N2O3/c1-6-12-29-22-11-9-19(15-23(22)28-7-2)14-20-18(5)25-26(24(20)27)21-10-8-16(3)13-17(21)4/h1,8-11,13-15H,7,12H2,2-5H3/b20-14-. The molecule has 0 aliphatic carbocycles. The van der Waals surface area contributed by atoms with Crippen LogP contribution in [-0.2, 0) is 4.79 Å². The lowest BCUT2D eigenvalue weighted by molar-refractivity contribution is -0.114. The lowest BCUT2D eigenvalue weighted by Gasteiger charge is -2.15. The highest BCUT2D eigenvalue weighted by molar-refractivity contribution is 6.32. The van der Waals surface area contributed by atoms with Crippen molar-refractivity contribution in [1.82, 2.24) is 0 Å². The lowest BCUT2D eigenvalue weighted by Crippen LogP contribution is -2.22. The van der Waals surface area contributed by atoms with Crippen LogP contribution in [0.15, 0.2) is 47.1 Å². The molecule has 0 unspecified atom stereocenters. The maximum atomic E-state index is 13.0. The van der Waals surface area contributed by atoms with E-state index in [2.05, 4.69) is 11.0 Å². The third-order valence-corrected chi connectivity index (χ3v) is 4.53. The van der Waals surface area contributed by atoms with Gasteiger partial charge < -0.3 is 9.47 Å². The average molecular weight is 388 g/mol. The molecule has 5 heteroatoms. The molecular formula is C24H24N2O3. The molecule has 1 aliphatic rings. The van der Waals surface area contributed by atoms with Gasteiger partial charge in [0.15, 0.2) is 11.5 Å². The Morgan fingerprint density at radius 2 is 1.90 bits per heavy atom. The first kappa shape index (κ1) is 20.2. The molecule has 0 aromatic heterocycles. The summed E-state index contributed by atoms with van der Waals surface area (Å²) in [6.07, 6.45) is 7.09. The molecule has 2 aromatic rings. The molecule has 1 amide bonds. The Morgan fingerprint density at radius 3 is 2.59 bits per heavy atom. The van der Waals surface area contributed by atoms with Crippen LogP contribution >= 0.6 is 0 Å². The molecule has 1 aliphatic heterocycles. The van der Waals surface area contributed by atoms with Gasteiger partial charge in [0.1, 0.15) is 6.61 Å². The van der Waals surface area contributed by atoms with Crippen LogP contribution in [0.5, 0.6) is 11.5 Å². The molecule has 0 atom stereocenters. The first-order chi connectivity index (χ1) is 13.9. The number of anilines is 1. The van der Waals surface area contributed by atoms with E-state index in [0.29, 0.717) is 29.4 Å². The van der Waals surface area contributed by atoms with Crippen molar-refractivity contribution in [3.63, 3.8) is 0 Å². The summed E-state index contributed by atoms with van der Waals surface area (Å²) in [7, 11) is 0. The molecule has 0 bridgehead atoms. The van der Waals surface area contributed by atoms with E-state index in [1.165, 1.54) is 5.01 Å². The maximum Gasteiger partial charge on any atom is 0.280 e. The van der Waals surface area contributed by atoms with Crippen molar-refractivity contribution >= 4 is 23.4 Å². The Labute approximate surface area is 171 Å². The second-order valence-electron chi connectivity index (χ2n) is 6.78. The van der Waals surface area contributed by atoms with Gasteiger partial charge in [-0.1, -0.05) is 29.7 Å². The minimum absolute atomic E-state index is 0.153. The van der Waals surface area contributed by atoms with Gasteiger partial charge in [0, 0.05) is 0 Å². The Bertz CT molecular complexity index is 1040. The summed E-state index contributed by atoms with van der Waals surface area (Å²) >= 11 is 0. The van der Waals surface area contributed by atoms with Crippen LogP contribution in [0, 0.1) is 26.2 Å². The summed E-state index contributed by atoms with van der Waals surface area (Å²) in [4.78, 5) is 13.0. The van der Waals surface area contributed by atoms with E-state index < -0.39 is 0 Å². The highest BCUT2D eigenvalue weighted by Gasteiger charge is 2.29. The predicted octanol–water partition coefficient (Wildman–Crippen LogP) is 4.52. The van der Waals surface area contributed by atoms with E-state index in [-0.39, 0.29) is 12.5 Å². The Hall–Kier alpha value is -3.52. The van der Waals surface area contributed by atoms with Crippen LogP contribution in [0.2, 0.25) is 0 Å². The monoisotopic (exact) mass is 388 g/mol. The molecular weight excluding hydrogens is 364 g/mol. The number of hydrogen-bond donors (Lipinski definition) is 0. The zero-order valence-corrected chi connectivity index (χ0v) is 17.2. The van der Waals surface area contributed by atoms with E-state index in [1.807, 2.05) is 64.1 Å². The third kappa shape index (κ3) is 4.33. The summed E-state index contributed by atoms with van der Waals surface area (Å²) in [6.45, 7) is 8.39. The summed E-state index contributed by atoms with van der Waals surface area (Å²) < 4.78 is 11.2. The van der Waals surface area contributed by atoms with Crippen LogP contribution < -0.4 is 14.5 Å². The Morgan fingerprint density at radius 1 is 1.10 bits per heavy atom. The van der Waals surface area contributed by atoms with Gasteiger partial charge in [-0.25, -0.2) is 0 Å². The van der Waals surface area contributed by atoms with Gasteiger partial charge in [0.25, 0.3) is 5.91 Å². The number of aryl methyl sites for hydroxylation is 2.